The van der Waals surface area contributed by atoms with Gasteiger partial charge in [-0.1, -0.05) is 12.1 Å². The Hall–Kier alpha value is -4.19. The smallest absolute Gasteiger partial charge is 0.399 e. The lowest BCUT2D eigenvalue weighted by molar-refractivity contribution is -0.145. The van der Waals surface area contributed by atoms with Crippen molar-refractivity contribution in [3.63, 3.8) is 0 Å². The zero-order valence-electron chi connectivity index (χ0n) is 18.3. The van der Waals surface area contributed by atoms with Crippen molar-refractivity contribution >= 4 is 33.6 Å². The van der Waals surface area contributed by atoms with Crippen LogP contribution in [0.1, 0.15) is 5.82 Å². The molecule has 0 bridgehead atoms. The molecule has 3 aromatic heterocycles. The lowest BCUT2D eigenvalue weighted by Gasteiger charge is -2.27. The maximum Gasteiger partial charge on any atom is 0.450 e. The van der Waals surface area contributed by atoms with E-state index >= 15 is 0 Å². The summed E-state index contributed by atoms with van der Waals surface area (Å²) in [5, 5.41) is 0.844. The third kappa shape index (κ3) is 3.71. The number of nitrogens with one attached hydrogen (secondary N) is 1. The van der Waals surface area contributed by atoms with Gasteiger partial charge in [0.2, 0.25) is 17.7 Å². The number of hydrogen-bond donors (Lipinski definition) is 2. The van der Waals surface area contributed by atoms with E-state index in [0.717, 1.165) is 15.5 Å². The second-order valence-corrected chi connectivity index (χ2v) is 8.12. The molecule has 0 aliphatic carbocycles. The Kier molecular flexibility index (Phi) is 4.85. The van der Waals surface area contributed by atoms with Crippen LogP contribution in [0.3, 0.4) is 0 Å². The van der Waals surface area contributed by atoms with Crippen molar-refractivity contribution in [2.45, 2.75) is 6.18 Å². The van der Waals surface area contributed by atoms with Gasteiger partial charge in [-0.25, -0.2) is 4.98 Å². The largest absolute Gasteiger partial charge is 0.450 e. The number of ether oxygens (including phenoxy) is 1. The van der Waals surface area contributed by atoms with Crippen molar-refractivity contribution in [3.05, 3.63) is 54.5 Å². The van der Waals surface area contributed by atoms with E-state index in [9.17, 15) is 13.2 Å². The van der Waals surface area contributed by atoms with Crippen molar-refractivity contribution in [3.8, 4) is 17.3 Å². The minimum Gasteiger partial charge on any atom is -0.399 e. The fraction of sp³-hybridized carbons (Fsp3) is 0.217. The molecule has 178 valence electrons. The number of anilines is 2. The van der Waals surface area contributed by atoms with Crippen molar-refractivity contribution in [2.24, 2.45) is 0 Å². The Morgan fingerprint density at radius 3 is 2.54 bits per heavy atom. The van der Waals surface area contributed by atoms with E-state index in [1.807, 2.05) is 29.2 Å². The zero-order valence-corrected chi connectivity index (χ0v) is 18.3. The summed E-state index contributed by atoms with van der Waals surface area (Å²) >= 11 is 0. The third-order valence-corrected chi connectivity index (χ3v) is 5.87. The Morgan fingerprint density at radius 2 is 1.74 bits per heavy atom. The topological polar surface area (TPSA) is 111 Å². The lowest BCUT2D eigenvalue weighted by atomic mass is 10.1. The zero-order chi connectivity index (χ0) is 24.2. The van der Waals surface area contributed by atoms with Gasteiger partial charge in [-0.2, -0.15) is 28.1 Å². The molecule has 0 radical (unpaired) electrons. The van der Waals surface area contributed by atoms with E-state index in [4.69, 9.17) is 10.5 Å². The van der Waals surface area contributed by atoms with Crippen molar-refractivity contribution in [1.82, 2.24) is 29.5 Å². The molecule has 0 spiro atoms. The number of aromatic amines is 1. The number of nitrogens with two attached hydrogens (primary N) is 1. The number of morpholine rings is 1. The van der Waals surface area contributed by atoms with Crippen LogP contribution in [0.25, 0.3) is 39.3 Å². The van der Waals surface area contributed by atoms with Gasteiger partial charge in [0.05, 0.1) is 24.2 Å². The van der Waals surface area contributed by atoms with Gasteiger partial charge in [-0.3, -0.25) is 4.57 Å². The van der Waals surface area contributed by atoms with Gasteiger partial charge in [0.1, 0.15) is 0 Å². The van der Waals surface area contributed by atoms with E-state index in [0.29, 0.717) is 37.6 Å². The number of H-pyrrole nitrogens is 1. The van der Waals surface area contributed by atoms with Crippen LogP contribution in [0.15, 0.2) is 48.7 Å². The van der Waals surface area contributed by atoms with E-state index in [-0.39, 0.29) is 28.8 Å². The van der Waals surface area contributed by atoms with Crippen LogP contribution >= 0.6 is 0 Å². The molecule has 3 N–H and O–H groups in total. The first-order valence-corrected chi connectivity index (χ1v) is 10.9. The van der Waals surface area contributed by atoms with Crippen molar-refractivity contribution in [2.75, 3.05) is 36.9 Å². The van der Waals surface area contributed by atoms with Gasteiger partial charge in [-0.05, 0) is 30.3 Å². The number of aromatic nitrogens is 6. The summed E-state index contributed by atoms with van der Waals surface area (Å²) in [6.07, 6.45) is -2.96. The minimum absolute atomic E-state index is 0.0972. The van der Waals surface area contributed by atoms with Gasteiger partial charge in [0.25, 0.3) is 0 Å². The predicted octanol–water partition coefficient (Wildman–Crippen LogP) is 3.80. The molecular weight excluding hydrogens is 461 g/mol. The number of hydrogen-bond acceptors (Lipinski definition) is 7. The Labute approximate surface area is 196 Å². The van der Waals surface area contributed by atoms with Crippen molar-refractivity contribution < 1.29 is 17.9 Å². The molecular formula is C23H19F3N8O. The van der Waals surface area contributed by atoms with Gasteiger partial charge in [0.15, 0.2) is 5.82 Å². The van der Waals surface area contributed by atoms with Crippen LogP contribution in [-0.4, -0.2) is 55.8 Å². The molecule has 9 nitrogen and oxygen atoms in total. The van der Waals surface area contributed by atoms with Crippen LogP contribution in [0.2, 0.25) is 0 Å². The van der Waals surface area contributed by atoms with Crippen LogP contribution in [-0.2, 0) is 10.9 Å². The quantitative estimate of drug-likeness (QED) is 0.378. The van der Waals surface area contributed by atoms with Gasteiger partial charge in [-0.15, -0.1) is 0 Å². The molecule has 1 aliphatic rings. The van der Waals surface area contributed by atoms with Crippen LogP contribution in [0.5, 0.6) is 0 Å². The summed E-state index contributed by atoms with van der Waals surface area (Å²) in [4.78, 5) is 22.5. The summed E-state index contributed by atoms with van der Waals surface area (Å²) in [5.74, 6) is -0.787. The standard InChI is InChI=1S/C23H19F3N8O/c24-23(25,26)20-29-17-12-13(27)4-5-18(17)34(20)22-31-19(15-2-1-3-16-14(15)6-7-28-16)30-21(32-22)33-8-10-35-11-9-33/h1-7,12,28H,8-11,27H2. The SMILES string of the molecule is Nc1ccc2c(c1)nc(C(F)(F)F)n2-c1nc(-c2cccc3[nH]ccc23)nc(N2CCOCC2)n1. The summed E-state index contributed by atoms with van der Waals surface area (Å²) < 4.78 is 48.6. The number of alkyl halides is 3. The maximum atomic E-state index is 14.1. The number of nitrogens with zero attached hydrogens (tertiary/aromatic N) is 6. The molecule has 0 saturated carbocycles. The number of nitrogen functional groups attached to an aromatic ring is 1. The van der Waals surface area contributed by atoms with E-state index in [1.54, 1.807) is 6.20 Å². The third-order valence-electron chi connectivity index (χ3n) is 5.87. The van der Waals surface area contributed by atoms with Crippen LogP contribution < -0.4 is 10.6 Å². The maximum absolute atomic E-state index is 14.1. The molecule has 2 aromatic carbocycles. The normalized spacial score (nSPS) is 14.8. The van der Waals surface area contributed by atoms with Crippen LogP contribution in [0, 0.1) is 0 Å². The van der Waals surface area contributed by atoms with E-state index in [1.165, 1.54) is 18.2 Å². The summed E-state index contributed by atoms with van der Waals surface area (Å²) in [6.45, 7) is 1.94. The Morgan fingerprint density at radius 1 is 0.943 bits per heavy atom. The fourth-order valence-corrected chi connectivity index (χ4v) is 4.25. The van der Waals surface area contributed by atoms with Gasteiger partial charge < -0.3 is 20.4 Å². The highest BCUT2D eigenvalue weighted by molar-refractivity contribution is 5.93. The molecule has 35 heavy (non-hydrogen) atoms. The molecule has 1 aliphatic heterocycles. The molecule has 1 saturated heterocycles. The average molecular weight is 480 g/mol. The molecule has 12 heteroatoms. The van der Waals surface area contributed by atoms with Gasteiger partial charge >= 0.3 is 6.18 Å². The number of halogens is 3. The first-order chi connectivity index (χ1) is 16.9. The van der Waals surface area contributed by atoms with E-state index in [2.05, 4.69) is 24.9 Å². The molecule has 0 unspecified atom stereocenters. The second-order valence-electron chi connectivity index (χ2n) is 8.12. The molecule has 1 fully saturated rings. The molecule has 6 rings (SSSR count). The number of benzene rings is 2. The monoisotopic (exact) mass is 480 g/mol. The average Bonchev–Trinajstić information content (AvgIpc) is 3.48. The predicted molar refractivity (Wildman–Crippen MR) is 124 cm³/mol. The highest BCUT2D eigenvalue weighted by atomic mass is 19.4. The molecule has 5 aromatic rings. The number of fused-ring (bicyclic) bond motifs is 2. The molecule has 4 heterocycles. The highest BCUT2D eigenvalue weighted by Crippen LogP contribution is 2.35. The fourth-order valence-electron chi connectivity index (χ4n) is 4.25. The lowest BCUT2D eigenvalue weighted by Crippen LogP contribution is -2.37. The summed E-state index contributed by atoms with van der Waals surface area (Å²) in [7, 11) is 0. The summed E-state index contributed by atoms with van der Waals surface area (Å²) in [5.41, 5.74) is 7.93. The van der Waals surface area contributed by atoms with Crippen LogP contribution in [0.4, 0.5) is 24.8 Å². The number of imidazole rings is 1. The first-order valence-electron chi connectivity index (χ1n) is 10.9. The Bertz CT molecular complexity index is 1550. The highest BCUT2D eigenvalue weighted by Gasteiger charge is 2.39. The molecule has 0 atom stereocenters. The van der Waals surface area contributed by atoms with E-state index < -0.39 is 12.0 Å². The van der Waals surface area contributed by atoms with Gasteiger partial charge in [0, 0.05) is 41.4 Å². The first kappa shape index (κ1) is 21.4. The minimum atomic E-state index is -4.75. The van der Waals surface area contributed by atoms with Crippen molar-refractivity contribution in [1.29, 1.82) is 0 Å². The molecule has 0 amide bonds. The number of rotatable bonds is 3. The second kappa shape index (κ2) is 7.94. The Balaban J connectivity index is 1.63. The summed E-state index contributed by atoms with van der Waals surface area (Å²) in [6, 6.07) is 11.8.